The highest BCUT2D eigenvalue weighted by molar-refractivity contribution is 6.46. The standard InChI is InChI=1S/C31H34N2O5/c1-21(2)37-25-16-14-22(15-17-25)29(34)27-28(33(31(36)30(27)35)19-9-18-32(3)4)23-10-8-13-26(20-23)38-24-11-6-5-7-12-24/h5-8,10-17,20-21,28,34H,9,18-19H2,1-4H3/b29-27-. The summed E-state index contributed by atoms with van der Waals surface area (Å²) in [7, 11) is 3.92. The molecule has 1 N–H and O–H groups in total. The number of nitrogens with zero attached hydrogens (tertiary/aromatic N) is 2. The SMILES string of the molecule is CC(C)Oc1ccc(/C(O)=C2/C(=O)C(=O)N(CCCN(C)C)C2c2cccc(Oc3ccccc3)c2)cc1. The van der Waals surface area contributed by atoms with Crippen LogP contribution in [0, 0.1) is 0 Å². The maximum atomic E-state index is 13.3. The quantitative estimate of drug-likeness (QED) is 0.214. The van der Waals surface area contributed by atoms with Gasteiger partial charge in [0.05, 0.1) is 17.7 Å². The fourth-order valence-corrected chi connectivity index (χ4v) is 4.51. The van der Waals surface area contributed by atoms with Gasteiger partial charge in [0.25, 0.3) is 11.7 Å². The Labute approximate surface area is 223 Å². The highest BCUT2D eigenvalue weighted by Crippen LogP contribution is 2.41. The molecular formula is C31H34N2O5. The van der Waals surface area contributed by atoms with Gasteiger partial charge < -0.3 is 24.4 Å². The van der Waals surface area contributed by atoms with Crippen LogP contribution < -0.4 is 9.47 Å². The van der Waals surface area contributed by atoms with Gasteiger partial charge in [-0.25, -0.2) is 0 Å². The van der Waals surface area contributed by atoms with E-state index in [0.29, 0.717) is 41.3 Å². The molecule has 3 aromatic rings. The molecule has 38 heavy (non-hydrogen) atoms. The molecule has 1 atom stereocenters. The molecule has 0 spiro atoms. The number of ether oxygens (including phenoxy) is 2. The van der Waals surface area contributed by atoms with Crippen LogP contribution in [0.25, 0.3) is 5.76 Å². The van der Waals surface area contributed by atoms with E-state index in [1.165, 1.54) is 0 Å². The summed E-state index contributed by atoms with van der Waals surface area (Å²) in [4.78, 5) is 30.1. The van der Waals surface area contributed by atoms with Crippen LogP contribution in [0.15, 0.2) is 84.4 Å². The van der Waals surface area contributed by atoms with Crippen LogP contribution in [0.3, 0.4) is 0 Å². The summed E-state index contributed by atoms with van der Waals surface area (Å²) in [6, 6.07) is 22.8. The van der Waals surface area contributed by atoms with Gasteiger partial charge >= 0.3 is 0 Å². The first-order chi connectivity index (χ1) is 18.2. The lowest BCUT2D eigenvalue weighted by Gasteiger charge is -2.26. The summed E-state index contributed by atoms with van der Waals surface area (Å²) >= 11 is 0. The van der Waals surface area contributed by atoms with Crippen molar-refractivity contribution in [2.24, 2.45) is 0 Å². The molecular weight excluding hydrogens is 480 g/mol. The van der Waals surface area contributed by atoms with Gasteiger partial charge in [-0.05, 0) is 95.0 Å². The van der Waals surface area contributed by atoms with E-state index in [9.17, 15) is 14.7 Å². The van der Waals surface area contributed by atoms with Gasteiger partial charge in [0, 0.05) is 12.1 Å². The Hall–Kier alpha value is -4.10. The van der Waals surface area contributed by atoms with Crippen molar-refractivity contribution >= 4 is 17.4 Å². The molecule has 7 nitrogen and oxygen atoms in total. The second-order valence-corrected chi connectivity index (χ2v) is 9.83. The second-order valence-electron chi connectivity index (χ2n) is 9.83. The monoisotopic (exact) mass is 514 g/mol. The lowest BCUT2D eigenvalue weighted by atomic mass is 9.95. The van der Waals surface area contributed by atoms with Crippen LogP contribution in [0.2, 0.25) is 0 Å². The molecule has 3 aromatic carbocycles. The molecule has 1 aliphatic rings. The summed E-state index contributed by atoms with van der Waals surface area (Å²) in [6.45, 7) is 4.99. The predicted octanol–water partition coefficient (Wildman–Crippen LogP) is 5.64. The van der Waals surface area contributed by atoms with Gasteiger partial charge in [0.1, 0.15) is 23.0 Å². The van der Waals surface area contributed by atoms with E-state index >= 15 is 0 Å². The van der Waals surface area contributed by atoms with Crippen molar-refractivity contribution in [1.82, 2.24) is 9.80 Å². The van der Waals surface area contributed by atoms with Crippen LogP contribution in [0.5, 0.6) is 17.2 Å². The first kappa shape index (κ1) is 26.9. The molecule has 0 aliphatic carbocycles. The Kier molecular flexibility index (Phi) is 8.48. The lowest BCUT2D eigenvalue weighted by molar-refractivity contribution is -0.139. The maximum Gasteiger partial charge on any atom is 0.295 e. The zero-order chi connectivity index (χ0) is 27.2. The molecule has 4 rings (SSSR count). The zero-order valence-electron chi connectivity index (χ0n) is 22.3. The molecule has 1 unspecified atom stereocenters. The van der Waals surface area contributed by atoms with Gasteiger partial charge in [0.2, 0.25) is 0 Å². The number of benzene rings is 3. The topological polar surface area (TPSA) is 79.3 Å². The van der Waals surface area contributed by atoms with Gasteiger partial charge in [-0.15, -0.1) is 0 Å². The number of carbonyl (C=O) groups is 2. The Bertz CT molecular complexity index is 1300. The maximum absolute atomic E-state index is 13.3. The Morgan fingerprint density at radius 2 is 1.61 bits per heavy atom. The third-order valence-corrected chi connectivity index (χ3v) is 6.20. The average molecular weight is 515 g/mol. The minimum absolute atomic E-state index is 0.00678. The molecule has 198 valence electrons. The molecule has 7 heteroatoms. The third kappa shape index (κ3) is 6.23. The number of ketones is 1. The number of Topliss-reactive ketones (excluding diaryl/α,β-unsaturated/α-hetero) is 1. The summed E-state index contributed by atoms with van der Waals surface area (Å²) in [5, 5.41) is 11.3. The van der Waals surface area contributed by atoms with Crippen LogP contribution in [-0.4, -0.2) is 59.9 Å². The summed E-state index contributed by atoms with van der Waals surface area (Å²) in [5.74, 6) is 0.367. The predicted molar refractivity (Wildman–Crippen MR) is 147 cm³/mol. The molecule has 0 bridgehead atoms. The number of amides is 1. The van der Waals surface area contributed by atoms with Gasteiger partial charge in [0.15, 0.2) is 0 Å². The first-order valence-corrected chi connectivity index (χ1v) is 12.8. The molecule has 1 aliphatic heterocycles. The molecule has 0 saturated carbocycles. The zero-order valence-corrected chi connectivity index (χ0v) is 22.3. The van der Waals surface area contributed by atoms with Crippen LogP contribution in [0.1, 0.15) is 37.4 Å². The van der Waals surface area contributed by atoms with E-state index in [1.54, 1.807) is 29.2 Å². The largest absolute Gasteiger partial charge is 0.507 e. The summed E-state index contributed by atoms with van der Waals surface area (Å²) in [6.07, 6.45) is 0.685. The average Bonchev–Trinajstić information content (AvgIpc) is 3.14. The third-order valence-electron chi connectivity index (χ3n) is 6.20. The van der Waals surface area contributed by atoms with Crippen LogP contribution in [-0.2, 0) is 9.59 Å². The molecule has 1 fully saturated rings. The van der Waals surface area contributed by atoms with E-state index in [1.807, 2.05) is 87.4 Å². The van der Waals surface area contributed by atoms with E-state index < -0.39 is 17.7 Å². The van der Waals surface area contributed by atoms with E-state index in [0.717, 1.165) is 6.54 Å². The van der Waals surface area contributed by atoms with E-state index in [-0.39, 0.29) is 17.4 Å². The molecule has 1 saturated heterocycles. The smallest absolute Gasteiger partial charge is 0.295 e. The number of hydrogen-bond donors (Lipinski definition) is 1. The second kappa shape index (κ2) is 12.0. The van der Waals surface area contributed by atoms with E-state index in [4.69, 9.17) is 9.47 Å². The Morgan fingerprint density at radius 3 is 2.26 bits per heavy atom. The Morgan fingerprint density at radius 1 is 0.921 bits per heavy atom. The van der Waals surface area contributed by atoms with Crippen molar-refractivity contribution in [2.45, 2.75) is 32.4 Å². The molecule has 1 amide bonds. The first-order valence-electron chi connectivity index (χ1n) is 12.8. The van der Waals surface area contributed by atoms with Crippen LogP contribution >= 0.6 is 0 Å². The number of para-hydroxylation sites is 1. The lowest BCUT2D eigenvalue weighted by Crippen LogP contribution is -2.32. The number of aliphatic hydroxyl groups is 1. The molecule has 1 heterocycles. The van der Waals surface area contributed by atoms with Crippen molar-refractivity contribution in [3.8, 4) is 17.2 Å². The number of carbonyl (C=O) groups excluding carboxylic acids is 2. The number of likely N-dealkylation sites (tertiary alicyclic amines) is 1. The van der Waals surface area contributed by atoms with Crippen molar-refractivity contribution in [1.29, 1.82) is 0 Å². The van der Waals surface area contributed by atoms with Gasteiger partial charge in [-0.2, -0.15) is 0 Å². The minimum atomic E-state index is -0.747. The number of hydrogen-bond acceptors (Lipinski definition) is 6. The molecule has 0 aromatic heterocycles. The molecule has 0 radical (unpaired) electrons. The number of aliphatic hydroxyl groups excluding tert-OH is 1. The van der Waals surface area contributed by atoms with Gasteiger partial charge in [-0.1, -0.05) is 30.3 Å². The summed E-state index contributed by atoms with van der Waals surface area (Å²) < 4.78 is 11.7. The highest BCUT2D eigenvalue weighted by atomic mass is 16.5. The van der Waals surface area contributed by atoms with Crippen molar-refractivity contribution in [3.05, 3.63) is 95.6 Å². The number of rotatable bonds is 10. The van der Waals surface area contributed by atoms with Crippen molar-refractivity contribution in [2.75, 3.05) is 27.2 Å². The minimum Gasteiger partial charge on any atom is -0.507 e. The van der Waals surface area contributed by atoms with E-state index in [2.05, 4.69) is 0 Å². The highest BCUT2D eigenvalue weighted by Gasteiger charge is 2.45. The summed E-state index contributed by atoms with van der Waals surface area (Å²) in [5.41, 5.74) is 1.19. The fraction of sp³-hybridized carbons (Fsp3) is 0.290. The Balaban J connectivity index is 1.74. The fourth-order valence-electron chi connectivity index (χ4n) is 4.51. The van der Waals surface area contributed by atoms with Crippen molar-refractivity contribution in [3.63, 3.8) is 0 Å². The van der Waals surface area contributed by atoms with Gasteiger partial charge in [-0.3, -0.25) is 9.59 Å². The normalized spacial score (nSPS) is 16.9. The van der Waals surface area contributed by atoms with Crippen molar-refractivity contribution < 1.29 is 24.2 Å². The van der Waals surface area contributed by atoms with Crippen LogP contribution in [0.4, 0.5) is 0 Å².